The summed E-state index contributed by atoms with van der Waals surface area (Å²) in [7, 11) is 0. The Morgan fingerprint density at radius 3 is 2.56 bits per heavy atom. The van der Waals surface area contributed by atoms with E-state index < -0.39 is 0 Å². The van der Waals surface area contributed by atoms with E-state index in [0.717, 1.165) is 37.5 Å². The zero-order valence-corrected chi connectivity index (χ0v) is 15.6. The van der Waals surface area contributed by atoms with Crippen molar-refractivity contribution < 1.29 is 0 Å². The lowest BCUT2D eigenvalue weighted by atomic mass is 10.2. The van der Waals surface area contributed by atoms with Crippen molar-refractivity contribution in [2.24, 2.45) is 0 Å². The van der Waals surface area contributed by atoms with Crippen LogP contribution in [0.5, 0.6) is 0 Å². The molecule has 128 valence electrons. The van der Waals surface area contributed by atoms with Crippen LogP contribution in [0.15, 0.2) is 64.4 Å². The van der Waals surface area contributed by atoms with Gasteiger partial charge in [0.25, 0.3) is 0 Å². The number of nitrogens with zero attached hydrogens (tertiary/aromatic N) is 3. The van der Waals surface area contributed by atoms with Crippen molar-refractivity contribution >= 4 is 34.2 Å². The van der Waals surface area contributed by atoms with Gasteiger partial charge in [0, 0.05) is 23.4 Å². The summed E-state index contributed by atoms with van der Waals surface area (Å²) in [6.45, 7) is 8.61. The predicted molar refractivity (Wildman–Crippen MR) is 107 cm³/mol. The van der Waals surface area contributed by atoms with E-state index in [2.05, 4.69) is 78.2 Å². The van der Waals surface area contributed by atoms with Crippen LogP contribution in [0.25, 0.3) is 10.9 Å². The largest absolute Gasteiger partial charge is 0.323 e. The normalized spacial score (nSPS) is 13.2. The maximum absolute atomic E-state index is 5.01. The molecule has 0 saturated heterocycles. The maximum atomic E-state index is 5.01. The van der Waals surface area contributed by atoms with E-state index >= 15 is 0 Å². The third-order valence-electron chi connectivity index (χ3n) is 4.84. The van der Waals surface area contributed by atoms with Crippen LogP contribution < -0.4 is 4.90 Å². The smallest absolute Gasteiger partial charge is 0.147 e. The van der Waals surface area contributed by atoms with Gasteiger partial charge in [-0.05, 0) is 37.4 Å². The lowest BCUT2D eigenvalue weighted by Crippen LogP contribution is -2.34. The second-order valence-corrected chi connectivity index (χ2v) is 7.33. The zero-order valence-electron chi connectivity index (χ0n) is 14.8. The van der Waals surface area contributed by atoms with E-state index in [1.807, 2.05) is 11.8 Å². The monoisotopic (exact) mass is 349 g/mol. The van der Waals surface area contributed by atoms with Crippen LogP contribution in [-0.4, -0.2) is 36.1 Å². The number of para-hydroxylation sites is 2. The third-order valence-corrected chi connectivity index (χ3v) is 5.92. The number of anilines is 2. The minimum absolute atomic E-state index is 0.956. The first-order valence-electron chi connectivity index (χ1n) is 8.96. The zero-order chi connectivity index (χ0) is 17.2. The van der Waals surface area contributed by atoms with Crippen molar-refractivity contribution in [3.05, 3.63) is 54.6 Å². The lowest BCUT2D eigenvalue weighted by molar-refractivity contribution is 0.312. The molecule has 0 atom stereocenters. The number of likely N-dealkylation sites (N-methyl/N-ethyl adjacent to an activating group) is 1. The first-order chi connectivity index (χ1) is 12.3. The highest BCUT2D eigenvalue weighted by molar-refractivity contribution is 7.99. The van der Waals surface area contributed by atoms with Crippen LogP contribution in [0.4, 0.5) is 11.5 Å². The van der Waals surface area contributed by atoms with Gasteiger partial charge in [-0.3, -0.25) is 0 Å². The highest BCUT2D eigenvalue weighted by Gasteiger charge is 2.25. The number of pyridine rings is 1. The molecule has 25 heavy (non-hydrogen) atoms. The molecule has 2 heterocycles. The highest BCUT2D eigenvalue weighted by atomic mass is 32.2. The third kappa shape index (κ3) is 3.12. The quantitative estimate of drug-likeness (QED) is 0.632. The molecule has 0 saturated carbocycles. The van der Waals surface area contributed by atoms with Crippen LogP contribution >= 0.6 is 11.8 Å². The molecule has 0 radical (unpaired) electrons. The number of fused-ring (bicyclic) bond motifs is 3. The molecule has 4 rings (SSSR count). The van der Waals surface area contributed by atoms with Crippen molar-refractivity contribution in [3.63, 3.8) is 0 Å². The Bertz CT molecular complexity index is 889. The standard InChI is InChI=1S/C21H23N3S/c1-3-23(4-2)13-14-24-18-11-7-8-12-19(18)25-20-15-16-9-5-6-10-17(16)22-21(20)24/h5-12,15H,3-4,13-14H2,1-2H3. The van der Waals surface area contributed by atoms with E-state index in [1.165, 1.54) is 20.9 Å². The highest BCUT2D eigenvalue weighted by Crippen LogP contribution is 2.47. The molecule has 2 aromatic carbocycles. The summed E-state index contributed by atoms with van der Waals surface area (Å²) in [6.07, 6.45) is 0. The Labute approximate surface area is 153 Å². The molecule has 0 unspecified atom stereocenters. The van der Waals surface area contributed by atoms with Crippen molar-refractivity contribution in [1.29, 1.82) is 0 Å². The van der Waals surface area contributed by atoms with E-state index in [0.29, 0.717) is 0 Å². The molecule has 1 aliphatic heterocycles. The van der Waals surface area contributed by atoms with Gasteiger partial charge in [0.15, 0.2) is 0 Å². The van der Waals surface area contributed by atoms with E-state index in [9.17, 15) is 0 Å². The van der Waals surface area contributed by atoms with Crippen LogP contribution in [0.2, 0.25) is 0 Å². The van der Waals surface area contributed by atoms with Gasteiger partial charge in [-0.15, -0.1) is 0 Å². The van der Waals surface area contributed by atoms with Crippen LogP contribution in [0.3, 0.4) is 0 Å². The molecule has 3 aromatic rings. The van der Waals surface area contributed by atoms with Crippen LogP contribution in [0.1, 0.15) is 13.8 Å². The summed E-state index contributed by atoms with van der Waals surface area (Å²) in [5.74, 6) is 1.09. The van der Waals surface area contributed by atoms with Crippen molar-refractivity contribution in [2.75, 3.05) is 31.1 Å². The summed E-state index contributed by atoms with van der Waals surface area (Å²) in [5.41, 5.74) is 2.34. The fourth-order valence-electron chi connectivity index (χ4n) is 3.36. The molecule has 3 nitrogen and oxygen atoms in total. The molecule has 4 heteroatoms. The Morgan fingerprint density at radius 1 is 0.960 bits per heavy atom. The summed E-state index contributed by atoms with van der Waals surface area (Å²) in [6, 6.07) is 19.3. The van der Waals surface area contributed by atoms with Gasteiger partial charge in [-0.2, -0.15) is 0 Å². The first-order valence-corrected chi connectivity index (χ1v) is 9.78. The molecular formula is C21H23N3S. The molecule has 0 N–H and O–H groups in total. The summed E-state index contributed by atoms with van der Waals surface area (Å²) in [5, 5.41) is 1.21. The van der Waals surface area contributed by atoms with Crippen LogP contribution in [-0.2, 0) is 0 Å². The van der Waals surface area contributed by atoms with Gasteiger partial charge >= 0.3 is 0 Å². The molecular weight excluding hydrogens is 326 g/mol. The molecule has 0 amide bonds. The minimum Gasteiger partial charge on any atom is -0.323 e. The fourth-order valence-corrected chi connectivity index (χ4v) is 4.46. The molecule has 0 fully saturated rings. The Morgan fingerprint density at radius 2 is 1.72 bits per heavy atom. The fraction of sp³-hybridized carbons (Fsp3) is 0.286. The molecule has 0 spiro atoms. The molecule has 0 bridgehead atoms. The maximum Gasteiger partial charge on any atom is 0.147 e. The summed E-state index contributed by atoms with van der Waals surface area (Å²) >= 11 is 1.83. The van der Waals surface area contributed by atoms with Gasteiger partial charge in [0.1, 0.15) is 5.82 Å². The Balaban J connectivity index is 1.77. The van der Waals surface area contributed by atoms with Gasteiger partial charge < -0.3 is 9.80 Å². The number of rotatable bonds is 5. The number of hydrogen-bond donors (Lipinski definition) is 0. The van der Waals surface area contributed by atoms with Crippen LogP contribution in [0, 0.1) is 0 Å². The average Bonchev–Trinajstić information content (AvgIpc) is 2.66. The number of hydrogen-bond acceptors (Lipinski definition) is 4. The topological polar surface area (TPSA) is 19.4 Å². The first kappa shape index (κ1) is 16.4. The number of aromatic nitrogens is 1. The molecule has 0 aliphatic carbocycles. The second kappa shape index (κ2) is 7.06. The average molecular weight is 350 g/mol. The van der Waals surface area contributed by atoms with Gasteiger partial charge in [0.2, 0.25) is 0 Å². The van der Waals surface area contributed by atoms with Gasteiger partial charge in [0.05, 0.1) is 16.1 Å². The summed E-state index contributed by atoms with van der Waals surface area (Å²) in [4.78, 5) is 12.4. The van der Waals surface area contributed by atoms with Gasteiger partial charge in [-0.1, -0.05) is 55.9 Å². The SMILES string of the molecule is CCN(CC)CCN1c2ccccc2Sc2cc3ccccc3nc21. The number of benzene rings is 2. The second-order valence-electron chi connectivity index (χ2n) is 6.25. The van der Waals surface area contributed by atoms with Crippen molar-refractivity contribution in [2.45, 2.75) is 23.6 Å². The van der Waals surface area contributed by atoms with Crippen molar-refractivity contribution in [3.8, 4) is 0 Å². The van der Waals surface area contributed by atoms with E-state index in [4.69, 9.17) is 4.98 Å². The van der Waals surface area contributed by atoms with E-state index in [1.54, 1.807) is 0 Å². The van der Waals surface area contributed by atoms with E-state index in [-0.39, 0.29) is 0 Å². The lowest BCUT2D eigenvalue weighted by Gasteiger charge is -2.33. The van der Waals surface area contributed by atoms with Gasteiger partial charge in [-0.25, -0.2) is 4.98 Å². The Kier molecular flexibility index (Phi) is 4.64. The van der Waals surface area contributed by atoms with Crippen molar-refractivity contribution in [1.82, 2.24) is 9.88 Å². The predicted octanol–water partition coefficient (Wildman–Crippen LogP) is 5.18. The molecule has 1 aliphatic rings. The minimum atomic E-state index is 0.956. The Hall–Kier alpha value is -2.04. The summed E-state index contributed by atoms with van der Waals surface area (Å²) < 4.78 is 0. The molecule has 1 aromatic heterocycles.